The van der Waals surface area contributed by atoms with Gasteiger partial charge in [0.2, 0.25) is 0 Å². The second-order valence-corrected chi connectivity index (χ2v) is 5.76. The standard InChI is InChI=1S/C15H26N4O/c1-3-20-15(8-6-11(2)7-9-15)13(19-17)12-5-4-10-18-14(12)16/h4-5,10-11,13,19H,3,6-9,17H2,1-2H3,(H2,16,18). The SMILES string of the molecule is CCOC1(C(NN)c2cccnc2N)CCC(C)CC1. The molecule has 0 spiro atoms. The third-order valence-corrected chi connectivity index (χ3v) is 4.43. The van der Waals surface area contributed by atoms with Crippen molar-refractivity contribution in [2.45, 2.75) is 51.2 Å². The van der Waals surface area contributed by atoms with E-state index in [2.05, 4.69) is 17.3 Å². The number of hydrazine groups is 1. The smallest absolute Gasteiger partial charge is 0.128 e. The summed E-state index contributed by atoms with van der Waals surface area (Å²) >= 11 is 0. The number of nitrogens with zero attached hydrogens (tertiary/aromatic N) is 1. The molecule has 1 aliphatic rings. The van der Waals surface area contributed by atoms with Crippen molar-refractivity contribution < 1.29 is 4.74 Å². The van der Waals surface area contributed by atoms with E-state index in [9.17, 15) is 0 Å². The summed E-state index contributed by atoms with van der Waals surface area (Å²) in [5, 5.41) is 0. The molecule has 1 atom stereocenters. The van der Waals surface area contributed by atoms with Crippen LogP contribution in [0.3, 0.4) is 0 Å². The molecular weight excluding hydrogens is 252 g/mol. The molecule has 0 saturated heterocycles. The molecule has 20 heavy (non-hydrogen) atoms. The van der Waals surface area contributed by atoms with Gasteiger partial charge in [-0.2, -0.15) is 0 Å². The van der Waals surface area contributed by atoms with Crippen LogP contribution >= 0.6 is 0 Å². The van der Waals surface area contributed by atoms with E-state index in [0.29, 0.717) is 12.4 Å². The second-order valence-electron chi connectivity index (χ2n) is 5.76. The monoisotopic (exact) mass is 278 g/mol. The summed E-state index contributed by atoms with van der Waals surface area (Å²) in [6, 6.07) is 3.75. The second kappa shape index (κ2) is 6.52. The number of anilines is 1. The number of aromatic nitrogens is 1. The molecule has 1 heterocycles. The number of pyridine rings is 1. The lowest BCUT2D eigenvalue weighted by atomic mass is 9.73. The summed E-state index contributed by atoms with van der Waals surface area (Å²) in [5.74, 6) is 7.11. The first-order valence-electron chi connectivity index (χ1n) is 7.43. The Balaban J connectivity index is 2.33. The Morgan fingerprint density at radius 3 is 2.75 bits per heavy atom. The van der Waals surface area contributed by atoms with Crippen molar-refractivity contribution in [1.82, 2.24) is 10.4 Å². The minimum absolute atomic E-state index is 0.122. The van der Waals surface area contributed by atoms with E-state index >= 15 is 0 Å². The highest BCUT2D eigenvalue weighted by Crippen LogP contribution is 2.43. The summed E-state index contributed by atoms with van der Waals surface area (Å²) in [4.78, 5) is 4.18. The fourth-order valence-electron chi connectivity index (χ4n) is 3.25. The molecule has 1 aliphatic carbocycles. The fourth-order valence-corrected chi connectivity index (χ4v) is 3.25. The van der Waals surface area contributed by atoms with Crippen LogP contribution in [0, 0.1) is 5.92 Å². The zero-order valence-corrected chi connectivity index (χ0v) is 12.4. The Labute approximate surface area is 121 Å². The normalized spacial score (nSPS) is 28.2. The first kappa shape index (κ1) is 15.2. The van der Waals surface area contributed by atoms with Crippen molar-refractivity contribution in [3.63, 3.8) is 0 Å². The van der Waals surface area contributed by atoms with Gasteiger partial charge < -0.3 is 10.5 Å². The first-order valence-corrected chi connectivity index (χ1v) is 7.43. The lowest BCUT2D eigenvalue weighted by Crippen LogP contribution is -2.50. The Morgan fingerprint density at radius 1 is 1.50 bits per heavy atom. The van der Waals surface area contributed by atoms with Gasteiger partial charge in [0, 0.05) is 18.4 Å². The van der Waals surface area contributed by atoms with E-state index in [0.717, 1.165) is 37.2 Å². The van der Waals surface area contributed by atoms with Gasteiger partial charge >= 0.3 is 0 Å². The molecule has 2 rings (SSSR count). The maximum atomic E-state index is 6.16. The molecule has 0 radical (unpaired) electrons. The molecule has 1 unspecified atom stereocenters. The van der Waals surface area contributed by atoms with Crippen molar-refractivity contribution in [3.8, 4) is 0 Å². The molecule has 0 amide bonds. The Morgan fingerprint density at radius 2 is 2.20 bits per heavy atom. The molecule has 1 aromatic rings. The van der Waals surface area contributed by atoms with E-state index in [-0.39, 0.29) is 11.6 Å². The maximum Gasteiger partial charge on any atom is 0.128 e. The first-order chi connectivity index (χ1) is 9.63. The molecule has 0 aromatic carbocycles. The van der Waals surface area contributed by atoms with Gasteiger partial charge in [-0.15, -0.1) is 0 Å². The number of ether oxygens (including phenoxy) is 1. The predicted molar refractivity (Wildman–Crippen MR) is 80.7 cm³/mol. The summed E-state index contributed by atoms with van der Waals surface area (Å²) in [6.45, 7) is 4.99. The molecular formula is C15H26N4O. The van der Waals surface area contributed by atoms with Crippen LogP contribution in [0.15, 0.2) is 18.3 Å². The van der Waals surface area contributed by atoms with Crippen molar-refractivity contribution in [2.75, 3.05) is 12.3 Å². The zero-order chi connectivity index (χ0) is 14.6. The summed E-state index contributed by atoms with van der Waals surface area (Å²) in [7, 11) is 0. The molecule has 1 fully saturated rings. The molecule has 1 aromatic heterocycles. The molecule has 5 heteroatoms. The van der Waals surface area contributed by atoms with Crippen molar-refractivity contribution in [2.24, 2.45) is 11.8 Å². The highest BCUT2D eigenvalue weighted by atomic mass is 16.5. The van der Waals surface area contributed by atoms with Gasteiger partial charge in [0.15, 0.2) is 0 Å². The lowest BCUT2D eigenvalue weighted by molar-refractivity contribution is -0.0976. The Kier molecular flexibility index (Phi) is 4.96. The minimum Gasteiger partial charge on any atom is -0.383 e. The molecule has 5 N–H and O–H groups in total. The third-order valence-electron chi connectivity index (χ3n) is 4.43. The van der Waals surface area contributed by atoms with Crippen LogP contribution in [0.1, 0.15) is 51.1 Å². The van der Waals surface area contributed by atoms with E-state index in [1.807, 2.05) is 19.1 Å². The number of nitrogens with one attached hydrogen (secondary N) is 1. The number of nitrogens with two attached hydrogens (primary N) is 2. The minimum atomic E-state index is -0.285. The van der Waals surface area contributed by atoms with Crippen LogP contribution in [-0.4, -0.2) is 17.2 Å². The summed E-state index contributed by atoms with van der Waals surface area (Å²) in [6.07, 6.45) is 5.98. The zero-order valence-electron chi connectivity index (χ0n) is 12.4. The Hall–Kier alpha value is -1.17. The van der Waals surface area contributed by atoms with Gasteiger partial charge in [0.1, 0.15) is 5.82 Å². The average molecular weight is 278 g/mol. The molecule has 5 nitrogen and oxygen atoms in total. The molecule has 0 aliphatic heterocycles. The van der Waals surface area contributed by atoms with E-state index in [1.165, 1.54) is 0 Å². The molecule has 112 valence electrons. The molecule has 1 saturated carbocycles. The van der Waals surface area contributed by atoms with E-state index in [4.69, 9.17) is 16.3 Å². The van der Waals surface area contributed by atoms with Crippen molar-refractivity contribution >= 4 is 5.82 Å². The maximum absolute atomic E-state index is 6.16. The predicted octanol–water partition coefficient (Wildman–Crippen LogP) is 2.15. The van der Waals surface area contributed by atoms with Gasteiger partial charge in [-0.1, -0.05) is 13.0 Å². The van der Waals surface area contributed by atoms with Crippen LogP contribution in [0.4, 0.5) is 5.82 Å². The van der Waals surface area contributed by atoms with Crippen molar-refractivity contribution in [3.05, 3.63) is 23.9 Å². The van der Waals surface area contributed by atoms with Gasteiger partial charge in [0.25, 0.3) is 0 Å². The van der Waals surface area contributed by atoms with E-state index < -0.39 is 0 Å². The van der Waals surface area contributed by atoms with Crippen LogP contribution < -0.4 is 17.0 Å². The van der Waals surface area contributed by atoms with Crippen LogP contribution in [0.5, 0.6) is 0 Å². The van der Waals surface area contributed by atoms with Crippen molar-refractivity contribution in [1.29, 1.82) is 0 Å². The molecule has 0 bridgehead atoms. The number of rotatable bonds is 5. The van der Waals surface area contributed by atoms with Crippen LogP contribution in [0.25, 0.3) is 0 Å². The van der Waals surface area contributed by atoms with Crippen LogP contribution in [0.2, 0.25) is 0 Å². The average Bonchev–Trinajstić information content (AvgIpc) is 2.45. The van der Waals surface area contributed by atoms with Gasteiger partial charge in [0.05, 0.1) is 11.6 Å². The lowest BCUT2D eigenvalue weighted by Gasteiger charge is -2.44. The van der Waals surface area contributed by atoms with Gasteiger partial charge in [-0.05, 0) is 44.6 Å². The number of hydrogen-bond donors (Lipinski definition) is 3. The number of nitrogen functional groups attached to an aromatic ring is 1. The highest BCUT2D eigenvalue weighted by Gasteiger charge is 2.43. The largest absolute Gasteiger partial charge is 0.383 e. The fraction of sp³-hybridized carbons (Fsp3) is 0.667. The van der Waals surface area contributed by atoms with Crippen LogP contribution in [-0.2, 0) is 4.74 Å². The Bertz CT molecular complexity index is 430. The number of hydrogen-bond acceptors (Lipinski definition) is 5. The van der Waals surface area contributed by atoms with Gasteiger partial charge in [-0.25, -0.2) is 10.4 Å². The topological polar surface area (TPSA) is 86.2 Å². The van der Waals surface area contributed by atoms with Gasteiger partial charge in [-0.3, -0.25) is 5.84 Å². The quantitative estimate of drug-likeness (QED) is 0.567. The highest BCUT2D eigenvalue weighted by molar-refractivity contribution is 5.42. The van der Waals surface area contributed by atoms with E-state index in [1.54, 1.807) is 6.20 Å². The summed E-state index contributed by atoms with van der Waals surface area (Å²) in [5.41, 5.74) is 9.59. The summed E-state index contributed by atoms with van der Waals surface area (Å²) < 4.78 is 6.16. The third kappa shape index (κ3) is 2.95.